The Hall–Kier alpha value is -2.40. The summed E-state index contributed by atoms with van der Waals surface area (Å²) in [5.41, 5.74) is -0.610. The molecule has 0 aliphatic rings. The van der Waals surface area contributed by atoms with Crippen molar-refractivity contribution in [3.63, 3.8) is 0 Å². The second kappa shape index (κ2) is 4.37. The first-order valence-electron chi connectivity index (χ1n) is 4.70. The van der Waals surface area contributed by atoms with Crippen molar-refractivity contribution < 1.29 is 18.0 Å². The average Bonchev–Trinajstić information content (AvgIpc) is 2.35. The third-order valence-electron chi connectivity index (χ3n) is 2.01. The normalized spacial score (nSPS) is 11.6. The second-order valence-corrected chi connectivity index (χ2v) is 3.37. The van der Waals surface area contributed by atoms with E-state index in [0.29, 0.717) is 0 Å². The van der Waals surface area contributed by atoms with Gasteiger partial charge < -0.3 is 0 Å². The lowest BCUT2D eigenvalue weighted by Gasteiger charge is -2.08. The van der Waals surface area contributed by atoms with Gasteiger partial charge in [-0.2, -0.15) is 13.2 Å². The molecule has 0 aromatic carbocycles. The molecule has 19 heavy (non-hydrogen) atoms. The van der Waals surface area contributed by atoms with Crippen LogP contribution in [-0.2, 0) is 6.18 Å². The van der Waals surface area contributed by atoms with Crippen molar-refractivity contribution in [2.45, 2.75) is 6.18 Å². The van der Waals surface area contributed by atoms with Gasteiger partial charge >= 0.3 is 12.1 Å². The van der Waals surface area contributed by atoms with Crippen molar-refractivity contribution in [1.82, 2.24) is 25.1 Å². The molecule has 0 saturated heterocycles. The summed E-state index contributed by atoms with van der Waals surface area (Å²) < 4.78 is 37.1. The maximum atomic E-state index is 12.4. The van der Waals surface area contributed by atoms with Gasteiger partial charge in [-0.3, -0.25) is 4.79 Å². The van der Waals surface area contributed by atoms with Crippen LogP contribution in [0.25, 0.3) is 11.2 Å². The third kappa shape index (κ3) is 2.56. The Kier molecular flexibility index (Phi) is 3.00. The first-order valence-corrected chi connectivity index (χ1v) is 4.70. The van der Waals surface area contributed by atoms with Gasteiger partial charge in [-0.05, 0) is 0 Å². The van der Waals surface area contributed by atoms with Crippen molar-refractivity contribution in [2.24, 2.45) is 11.7 Å². The van der Waals surface area contributed by atoms with E-state index in [4.69, 9.17) is 11.7 Å². The number of alkyl halides is 3. The SMILES string of the molecule is NN(N)C(=O)c1cnc2nc(C(F)(F)F)ncc2n1. The predicted molar refractivity (Wildman–Crippen MR) is 54.7 cm³/mol. The van der Waals surface area contributed by atoms with Crippen LogP contribution in [0.4, 0.5) is 13.2 Å². The summed E-state index contributed by atoms with van der Waals surface area (Å²) in [6.07, 6.45) is -2.95. The molecule has 1 amide bonds. The fourth-order valence-electron chi connectivity index (χ4n) is 1.19. The van der Waals surface area contributed by atoms with Crippen molar-refractivity contribution in [3.8, 4) is 0 Å². The van der Waals surface area contributed by atoms with Gasteiger partial charge in [0.25, 0.3) is 0 Å². The lowest BCUT2D eigenvalue weighted by Crippen LogP contribution is -2.43. The van der Waals surface area contributed by atoms with Gasteiger partial charge in [-0.1, -0.05) is 0 Å². The summed E-state index contributed by atoms with van der Waals surface area (Å²) in [4.78, 5) is 25.0. The number of hydrazine groups is 2. The molecule has 8 nitrogen and oxygen atoms in total. The van der Waals surface area contributed by atoms with E-state index >= 15 is 0 Å². The minimum Gasteiger partial charge on any atom is -0.264 e. The fraction of sp³-hybridized carbons (Fsp3) is 0.125. The highest BCUT2D eigenvalue weighted by Crippen LogP contribution is 2.26. The summed E-state index contributed by atoms with van der Waals surface area (Å²) in [6, 6.07) is 0. The van der Waals surface area contributed by atoms with Crippen LogP contribution in [0.3, 0.4) is 0 Å². The second-order valence-electron chi connectivity index (χ2n) is 3.37. The van der Waals surface area contributed by atoms with E-state index in [2.05, 4.69) is 19.9 Å². The van der Waals surface area contributed by atoms with Gasteiger partial charge in [0.2, 0.25) is 5.82 Å². The number of carbonyl (C=O) groups is 1. The number of nitrogens with two attached hydrogens (primary N) is 2. The minimum atomic E-state index is -4.68. The summed E-state index contributed by atoms with van der Waals surface area (Å²) in [5, 5.41) is 0.279. The lowest BCUT2D eigenvalue weighted by molar-refractivity contribution is -0.144. The van der Waals surface area contributed by atoms with E-state index in [-0.39, 0.29) is 22.0 Å². The summed E-state index contributed by atoms with van der Waals surface area (Å²) >= 11 is 0. The molecular formula is C8H6F3N7O. The standard InChI is InChI=1S/C8H6F3N7O/c9-8(10,11)7-15-1-3-5(17-7)14-2-4(16-3)6(19)18(12)13/h1-2H,12-13H2. The van der Waals surface area contributed by atoms with Crippen LogP contribution in [0.2, 0.25) is 0 Å². The molecule has 0 atom stereocenters. The van der Waals surface area contributed by atoms with E-state index in [9.17, 15) is 18.0 Å². The molecule has 0 spiro atoms. The topological polar surface area (TPSA) is 124 Å². The smallest absolute Gasteiger partial charge is 0.264 e. The van der Waals surface area contributed by atoms with Crippen molar-refractivity contribution in [2.75, 3.05) is 0 Å². The van der Waals surface area contributed by atoms with Crippen LogP contribution in [-0.4, -0.2) is 31.0 Å². The van der Waals surface area contributed by atoms with E-state index in [1.807, 2.05) is 0 Å². The molecule has 0 unspecified atom stereocenters. The molecule has 0 fully saturated rings. The quantitative estimate of drug-likeness (QED) is 0.412. The molecule has 2 heterocycles. The zero-order valence-corrected chi connectivity index (χ0v) is 9.09. The van der Waals surface area contributed by atoms with Gasteiger partial charge in [-0.15, -0.1) is 0 Å². The highest BCUT2D eigenvalue weighted by molar-refractivity contribution is 5.92. The number of nitrogens with zero attached hydrogens (tertiary/aromatic N) is 5. The fourth-order valence-corrected chi connectivity index (χ4v) is 1.19. The Morgan fingerprint density at radius 2 is 1.84 bits per heavy atom. The Balaban J connectivity index is 2.49. The van der Waals surface area contributed by atoms with Gasteiger partial charge in [0, 0.05) is 0 Å². The Labute approximate surface area is 103 Å². The number of rotatable bonds is 1. The van der Waals surface area contributed by atoms with E-state index < -0.39 is 17.9 Å². The summed E-state index contributed by atoms with van der Waals surface area (Å²) in [7, 11) is 0. The molecule has 0 radical (unpaired) electrons. The lowest BCUT2D eigenvalue weighted by atomic mass is 10.4. The van der Waals surface area contributed by atoms with Crippen LogP contribution >= 0.6 is 0 Å². The minimum absolute atomic E-state index is 0.0827. The van der Waals surface area contributed by atoms with Crippen LogP contribution in [0, 0.1) is 0 Å². The summed E-state index contributed by atoms with van der Waals surface area (Å²) in [6.45, 7) is 0. The number of aromatic nitrogens is 4. The number of halogens is 3. The van der Waals surface area contributed by atoms with E-state index in [1.165, 1.54) is 0 Å². The highest BCUT2D eigenvalue weighted by atomic mass is 19.4. The van der Waals surface area contributed by atoms with Gasteiger partial charge in [-0.25, -0.2) is 36.7 Å². The molecule has 0 aliphatic carbocycles. The van der Waals surface area contributed by atoms with Crippen molar-refractivity contribution in [1.29, 1.82) is 0 Å². The molecule has 2 rings (SSSR count). The van der Waals surface area contributed by atoms with Crippen LogP contribution in [0.1, 0.15) is 16.3 Å². The Bertz CT molecular complexity index is 642. The maximum absolute atomic E-state index is 12.4. The predicted octanol–water partition coefficient (Wildman–Crippen LogP) is -0.372. The monoisotopic (exact) mass is 273 g/mol. The number of carbonyl (C=O) groups excluding carboxylic acids is 1. The zero-order chi connectivity index (χ0) is 14.2. The van der Waals surface area contributed by atoms with Gasteiger partial charge in [0.1, 0.15) is 11.2 Å². The molecule has 2 aromatic rings. The van der Waals surface area contributed by atoms with Crippen LogP contribution in [0.5, 0.6) is 0 Å². The van der Waals surface area contributed by atoms with E-state index in [0.717, 1.165) is 12.4 Å². The number of amides is 1. The largest absolute Gasteiger partial charge is 0.451 e. The average molecular weight is 273 g/mol. The molecule has 0 bridgehead atoms. The number of hydrogen-bond donors (Lipinski definition) is 2. The highest BCUT2D eigenvalue weighted by Gasteiger charge is 2.35. The molecule has 0 aliphatic heterocycles. The van der Waals surface area contributed by atoms with Gasteiger partial charge in [0.15, 0.2) is 5.65 Å². The first kappa shape index (κ1) is 13.0. The zero-order valence-electron chi connectivity index (χ0n) is 9.09. The maximum Gasteiger partial charge on any atom is 0.451 e. The van der Waals surface area contributed by atoms with Crippen LogP contribution in [0.15, 0.2) is 12.4 Å². The Morgan fingerprint density at radius 1 is 1.16 bits per heavy atom. The Morgan fingerprint density at radius 3 is 2.42 bits per heavy atom. The molecule has 0 saturated carbocycles. The number of fused-ring (bicyclic) bond motifs is 1. The first-order chi connectivity index (χ1) is 8.79. The molecule has 4 N–H and O–H groups in total. The van der Waals surface area contributed by atoms with Gasteiger partial charge in [0.05, 0.1) is 12.4 Å². The van der Waals surface area contributed by atoms with E-state index in [1.54, 1.807) is 0 Å². The molecule has 11 heteroatoms. The molecule has 2 aromatic heterocycles. The third-order valence-corrected chi connectivity index (χ3v) is 2.01. The molecule has 100 valence electrons. The molecular weight excluding hydrogens is 267 g/mol. The van der Waals surface area contributed by atoms with Crippen LogP contribution < -0.4 is 11.7 Å². The van der Waals surface area contributed by atoms with Crippen molar-refractivity contribution >= 4 is 17.1 Å². The summed E-state index contributed by atoms with van der Waals surface area (Å²) in [5.74, 6) is 7.82. The number of hydrogen-bond acceptors (Lipinski definition) is 7. The van der Waals surface area contributed by atoms with Crippen molar-refractivity contribution in [3.05, 3.63) is 23.9 Å².